The maximum Gasteiger partial charge on any atom is 0.324 e. The number of hydrogen-bond acceptors (Lipinski definition) is 2. The van der Waals surface area contributed by atoms with Crippen molar-refractivity contribution in [1.82, 2.24) is 0 Å². The van der Waals surface area contributed by atoms with Gasteiger partial charge in [-0.2, -0.15) is 0 Å². The third kappa shape index (κ3) is 3.93. The van der Waals surface area contributed by atoms with Crippen LogP contribution in [0, 0.1) is 5.82 Å². The van der Waals surface area contributed by atoms with Gasteiger partial charge in [0.25, 0.3) is 0 Å². The first-order valence-corrected chi connectivity index (χ1v) is 5.83. The van der Waals surface area contributed by atoms with Gasteiger partial charge in [-0.15, -0.1) is 0 Å². The number of benzene rings is 1. The van der Waals surface area contributed by atoms with Crippen molar-refractivity contribution in [3.63, 3.8) is 0 Å². The first-order chi connectivity index (χ1) is 7.29. The zero-order chi connectivity index (χ0) is 12.3. The summed E-state index contributed by atoms with van der Waals surface area (Å²) >= 11 is 3.20. The summed E-state index contributed by atoms with van der Waals surface area (Å²) in [6.45, 7) is 5.36. The van der Waals surface area contributed by atoms with Gasteiger partial charge < -0.3 is 4.74 Å². The third-order valence-electron chi connectivity index (χ3n) is 1.76. The second kappa shape index (κ2) is 4.95. The standard InChI is InChI=1S/C12H14BrFO2/c1-12(2,3)16-11(15)10(13)8-5-4-6-9(14)7-8/h4-7,10H,1-3H3. The van der Waals surface area contributed by atoms with Crippen LogP contribution in [0.25, 0.3) is 0 Å². The lowest BCUT2D eigenvalue weighted by Gasteiger charge is -2.21. The summed E-state index contributed by atoms with van der Waals surface area (Å²) in [5.74, 6) is -0.788. The fourth-order valence-corrected chi connectivity index (χ4v) is 1.53. The van der Waals surface area contributed by atoms with E-state index in [1.54, 1.807) is 32.9 Å². The van der Waals surface area contributed by atoms with Crippen LogP contribution in [0.3, 0.4) is 0 Å². The van der Waals surface area contributed by atoms with E-state index in [1.807, 2.05) is 0 Å². The Kier molecular flexibility index (Phi) is 4.08. The van der Waals surface area contributed by atoms with Gasteiger partial charge in [-0.3, -0.25) is 4.79 Å². The molecule has 0 N–H and O–H groups in total. The molecule has 16 heavy (non-hydrogen) atoms. The lowest BCUT2D eigenvalue weighted by atomic mass is 10.1. The number of alkyl halides is 1. The topological polar surface area (TPSA) is 26.3 Å². The molecule has 1 unspecified atom stereocenters. The molecule has 0 saturated heterocycles. The molecule has 0 aliphatic heterocycles. The highest BCUT2D eigenvalue weighted by Crippen LogP contribution is 2.26. The highest BCUT2D eigenvalue weighted by Gasteiger charge is 2.24. The Labute approximate surface area is 103 Å². The van der Waals surface area contributed by atoms with Crippen LogP contribution in [-0.2, 0) is 9.53 Å². The minimum atomic E-state index is -0.637. The zero-order valence-electron chi connectivity index (χ0n) is 9.46. The monoisotopic (exact) mass is 288 g/mol. The van der Waals surface area contributed by atoms with Gasteiger partial charge in [0.05, 0.1) is 0 Å². The molecule has 0 aromatic heterocycles. The van der Waals surface area contributed by atoms with Crippen LogP contribution >= 0.6 is 15.9 Å². The normalized spacial score (nSPS) is 13.3. The van der Waals surface area contributed by atoms with E-state index in [4.69, 9.17) is 4.74 Å². The maximum absolute atomic E-state index is 13.0. The van der Waals surface area contributed by atoms with Crippen LogP contribution in [0.1, 0.15) is 31.2 Å². The SMILES string of the molecule is CC(C)(C)OC(=O)C(Br)c1cccc(F)c1. The van der Waals surface area contributed by atoms with E-state index in [1.165, 1.54) is 12.1 Å². The van der Waals surface area contributed by atoms with E-state index >= 15 is 0 Å². The second-order valence-corrected chi connectivity index (χ2v) is 5.37. The van der Waals surface area contributed by atoms with E-state index in [-0.39, 0.29) is 5.82 Å². The van der Waals surface area contributed by atoms with Crippen LogP contribution in [-0.4, -0.2) is 11.6 Å². The Morgan fingerprint density at radius 2 is 2.06 bits per heavy atom. The first kappa shape index (κ1) is 13.2. The van der Waals surface area contributed by atoms with Crippen molar-refractivity contribution in [2.45, 2.75) is 31.2 Å². The molecule has 0 heterocycles. The van der Waals surface area contributed by atoms with Crippen molar-refractivity contribution in [3.05, 3.63) is 35.6 Å². The highest BCUT2D eigenvalue weighted by atomic mass is 79.9. The minimum absolute atomic E-state index is 0.370. The summed E-state index contributed by atoms with van der Waals surface area (Å²) in [7, 11) is 0. The predicted octanol–water partition coefficient (Wildman–Crippen LogP) is 3.60. The van der Waals surface area contributed by atoms with Crippen LogP contribution in [0.2, 0.25) is 0 Å². The van der Waals surface area contributed by atoms with Crippen LogP contribution < -0.4 is 0 Å². The molecular formula is C12H14BrFO2. The molecule has 0 saturated carbocycles. The predicted molar refractivity (Wildman–Crippen MR) is 63.9 cm³/mol. The third-order valence-corrected chi connectivity index (χ3v) is 2.66. The highest BCUT2D eigenvalue weighted by molar-refractivity contribution is 9.09. The van der Waals surface area contributed by atoms with Crippen LogP contribution in [0.4, 0.5) is 4.39 Å². The molecule has 0 fully saturated rings. The fraction of sp³-hybridized carbons (Fsp3) is 0.417. The van der Waals surface area contributed by atoms with Gasteiger partial charge >= 0.3 is 5.97 Å². The van der Waals surface area contributed by atoms with Crippen LogP contribution in [0.5, 0.6) is 0 Å². The van der Waals surface area contributed by atoms with Crippen molar-refractivity contribution >= 4 is 21.9 Å². The molecule has 0 aliphatic rings. The van der Waals surface area contributed by atoms with Crippen molar-refractivity contribution in [3.8, 4) is 0 Å². The smallest absolute Gasteiger partial charge is 0.324 e. The number of carbonyl (C=O) groups excluding carboxylic acids is 1. The second-order valence-electron chi connectivity index (χ2n) is 4.45. The molecule has 0 amide bonds. The molecule has 1 atom stereocenters. The van der Waals surface area contributed by atoms with Crippen molar-refractivity contribution in [2.24, 2.45) is 0 Å². The molecule has 1 aromatic rings. The summed E-state index contributed by atoms with van der Waals surface area (Å²) in [6.07, 6.45) is 0. The number of esters is 1. The number of hydrogen-bond donors (Lipinski definition) is 0. The summed E-state index contributed by atoms with van der Waals surface area (Å²) < 4.78 is 18.1. The fourth-order valence-electron chi connectivity index (χ4n) is 1.15. The maximum atomic E-state index is 13.0. The molecule has 0 radical (unpaired) electrons. The van der Waals surface area contributed by atoms with E-state index in [0.29, 0.717) is 5.56 Å². The number of rotatable bonds is 2. The van der Waals surface area contributed by atoms with Crippen LogP contribution in [0.15, 0.2) is 24.3 Å². The van der Waals surface area contributed by atoms with Gasteiger partial charge in [0.1, 0.15) is 16.2 Å². The van der Waals surface area contributed by atoms with Gasteiger partial charge in [-0.05, 0) is 38.5 Å². The average molecular weight is 289 g/mol. The lowest BCUT2D eigenvalue weighted by Crippen LogP contribution is -2.26. The first-order valence-electron chi connectivity index (χ1n) is 4.92. The van der Waals surface area contributed by atoms with Gasteiger partial charge in [-0.25, -0.2) is 4.39 Å². The summed E-state index contributed by atoms with van der Waals surface area (Å²) in [5, 5.41) is 0. The van der Waals surface area contributed by atoms with E-state index < -0.39 is 16.4 Å². The lowest BCUT2D eigenvalue weighted by molar-refractivity contribution is -0.154. The molecule has 2 nitrogen and oxygen atoms in total. The molecular weight excluding hydrogens is 275 g/mol. The largest absolute Gasteiger partial charge is 0.459 e. The van der Waals surface area contributed by atoms with E-state index in [0.717, 1.165) is 0 Å². The number of carbonyl (C=O) groups is 1. The van der Waals surface area contributed by atoms with Gasteiger partial charge in [0, 0.05) is 0 Å². The quantitative estimate of drug-likeness (QED) is 0.614. The summed E-state index contributed by atoms with van der Waals surface area (Å²) in [6, 6.07) is 5.87. The molecule has 0 bridgehead atoms. The van der Waals surface area contributed by atoms with E-state index in [9.17, 15) is 9.18 Å². The molecule has 0 aliphatic carbocycles. The summed E-state index contributed by atoms with van der Waals surface area (Å²) in [5.41, 5.74) is 0.00502. The van der Waals surface area contributed by atoms with Crippen molar-refractivity contribution in [2.75, 3.05) is 0 Å². The molecule has 1 aromatic carbocycles. The number of ether oxygens (including phenoxy) is 1. The Bertz CT molecular complexity index is 385. The number of halogens is 2. The molecule has 4 heteroatoms. The Morgan fingerprint density at radius 1 is 1.44 bits per heavy atom. The van der Waals surface area contributed by atoms with E-state index in [2.05, 4.69) is 15.9 Å². The molecule has 88 valence electrons. The zero-order valence-corrected chi connectivity index (χ0v) is 11.0. The molecule has 1 rings (SSSR count). The van der Waals surface area contributed by atoms with Gasteiger partial charge in [0.2, 0.25) is 0 Å². The summed E-state index contributed by atoms with van der Waals surface area (Å²) in [4.78, 5) is 11.0. The Balaban J connectivity index is 2.78. The minimum Gasteiger partial charge on any atom is -0.459 e. The van der Waals surface area contributed by atoms with Gasteiger partial charge in [0.15, 0.2) is 0 Å². The average Bonchev–Trinajstić information content (AvgIpc) is 2.14. The Morgan fingerprint density at radius 3 is 2.56 bits per heavy atom. The van der Waals surface area contributed by atoms with Crippen molar-refractivity contribution < 1.29 is 13.9 Å². The molecule has 0 spiro atoms. The van der Waals surface area contributed by atoms with Crippen molar-refractivity contribution in [1.29, 1.82) is 0 Å². The van der Waals surface area contributed by atoms with Gasteiger partial charge in [-0.1, -0.05) is 28.1 Å². The Hall–Kier alpha value is -0.900.